The predicted octanol–water partition coefficient (Wildman–Crippen LogP) is 3.23. The molecule has 53 heavy (non-hydrogen) atoms. The van der Waals surface area contributed by atoms with Gasteiger partial charge in [0.05, 0.1) is 11.8 Å². The summed E-state index contributed by atoms with van der Waals surface area (Å²) < 4.78 is 45.0. The number of thiophene rings is 1. The van der Waals surface area contributed by atoms with Crippen molar-refractivity contribution in [2.75, 3.05) is 6.16 Å². The largest absolute Gasteiger partial charge is 0.368 e. The summed E-state index contributed by atoms with van der Waals surface area (Å²) in [6, 6.07) is 23.5. The molecule has 6 aromatic rings. The molecule has 14 nitrogen and oxygen atoms in total. The first kappa shape index (κ1) is 37.5. The molecule has 0 saturated heterocycles. The summed E-state index contributed by atoms with van der Waals surface area (Å²) in [5.41, 5.74) is 6.85. The highest BCUT2D eigenvalue weighted by molar-refractivity contribution is 7.90. The summed E-state index contributed by atoms with van der Waals surface area (Å²) in [4.78, 5) is 62.8. The molecule has 0 aliphatic carbocycles. The number of nitrogens with one attached hydrogen (secondary N) is 4. The van der Waals surface area contributed by atoms with E-state index in [2.05, 4.69) is 30.3 Å². The molecule has 0 aliphatic heterocycles. The lowest BCUT2D eigenvalue weighted by atomic mass is 10.1. The highest BCUT2D eigenvalue weighted by Gasteiger charge is 2.38. The number of sulfonamides is 1. The first-order chi connectivity index (χ1) is 25.4. The van der Waals surface area contributed by atoms with Crippen molar-refractivity contribution in [3.63, 3.8) is 0 Å². The Kier molecular flexibility index (Phi) is 11.5. The minimum atomic E-state index is -4.71. The number of nitrogens with two attached hydrogens (primary N) is 1. The van der Waals surface area contributed by atoms with Crippen molar-refractivity contribution < 1.29 is 32.3 Å². The topological polar surface area (TPSA) is 226 Å². The van der Waals surface area contributed by atoms with Crippen LogP contribution in [0.15, 0.2) is 115 Å². The van der Waals surface area contributed by atoms with E-state index < -0.39 is 59.1 Å². The monoisotopic (exact) mass is 773 g/mol. The van der Waals surface area contributed by atoms with Crippen molar-refractivity contribution >= 4 is 67.4 Å². The number of hydrogen-bond donors (Lipinski definition) is 6. The second-order valence-electron chi connectivity index (χ2n) is 12.4. The van der Waals surface area contributed by atoms with Crippen molar-refractivity contribution in [1.29, 1.82) is 0 Å². The van der Waals surface area contributed by atoms with Gasteiger partial charge in [-0.1, -0.05) is 66.7 Å². The Balaban J connectivity index is 1.22. The fourth-order valence-electron chi connectivity index (χ4n) is 5.85. The van der Waals surface area contributed by atoms with Crippen LogP contribution in [0, 0.1) is 0 Å². The number of carbonyl (C=O) groups excluding carboxylic acids is 3. The van der Waals surface area contributed by atoms with Gasteiger partial charge in [-0.05, 0) is 41.6 Å². The molecule has 0 saturated carbocycles. The van der Waals surface area contributed by atoms with E-state index in [0.29, 0.717) is 16.6 Å². The summed E-state index contributed by atoms with van der Waals surface area (Å²) in [6.45, 7) is 0. The molecule has 0 fully saturated rings. The number of amides is 3. The van der Waals surface area contributed by atoms with Gasteiger partial charge in [0.15, 0.2) is 0 Å². The number of benzene rings is 3. The molecular formula is C36H36N7O7PS2. The van der Waals surface area contributed by atoms with Crippen molar-refractivity contribution in [2.45, 2.75) is 42.0 Å². The fraction of sp³-hybridized carbons (Fsp3) is 0.194. The molecule has 274 valence electrons. The van der Waals surface area contributed by atoms with Crippen LogP contribution in [0.4, 0.5) is 0 Å². The number of fused-ring (bicyclic) bond motifs is 2. The van der Waals surface area contributed by atoms with Gasteiger partial charge in [0, 0.05) is 45.9 Å². The SMILES string of the molecule is NC(=O)[C@H](Cc1cc2ccccc2s1)NC(=O)[C@H](Cc1cnc[nH]1)NC(=O)CP(=O)(O)C(Cc1ccccc1)NS(=O)(=O)c1cccc2cccnc12. The third-order valence-corrected chi connectivity index (χ3v) is 13.3. The van der Waals surface area contributed by atoms with Crippen LogP contribution in [-0.4, -0.2) is 70.0 Å². The maximum atomic E-state index is 14.1. The quantitative estimate of drug-likeness (QED) is 0.0793. The lowest BCUT2D eigenvalue weighted by molar-refractivity contribution is -0.130. The molecule has 0 aliphatic rings. The van der Waals surface area contributed by atoms with E-state index in [1.165, 1.54) is 42.2 Å². The van der Waals surface area contributed by atoms with Crippen molar-refractivity contribution in [3.05, 3.63) is 126 Å². The van der Waals surface area contributed by atoms with Crippen molar-refractivity contribution in [3.8, 4) is 0 Å². The number of pyridine rings is 1. The Morgan fingerprint density at radius 1 is 0.887 bits per heavy atom. The van der Waals surface area contributed by atoms with Gasteiger partial charge < -0.3 is 26.2 Å². The van der Waals surface area contributed by atoms with E-state index in [1.54, 1.807) is 48.5 Å². The maximum Gasteiger partial charge on any atom is 0.243 e. The van der Waals surface area contributed by atoms with E-state index in [0.717, 1.165) is 15.0 Å². The summed E-state index contributed by atoms with van der Waals surface area (Å²) in [5.74, 6) is -4.20. The van der Waals surface area contributed by atoms with Crippen molar-refractivity contribution in [2.24, 2.45) is 5.73 Å². The van der Waals surface area contributed by atoms with Crippen molar-refractivity contribution in [1.82, 2.24) is 30.3 Å². The standard InChI is InChI=1S/C36H36N7O7PS2/c37-35(45)28(19-27-17-25-10-4-5-13-30(25)52-27)42-36(46)29(18-26-20-38-22-40-26)41-32(44)21-51(47,48)33(16-23-8-2-1-3-9-23)43-53(49,50)31-14-6-11-24-12-7-15-39-34(24)31/h1-15,17,20,22,28-29,33,43H,16,18-19,21H2,(H2,37,45)(H,38,40)(H,41,44)(H,42,46)(H,47,48)/t28-,29-,33?/m0/s1. The minimum absolute atomic E-state index is 0.102. The molecule has 17 heteroatoms. The Labute approximate surface area is 308 Å². The maximum absolute atomic E-state index is 14.1. The molecule has 3 aromatic carbocycles. The van der Waals surface area contributed by atoms with Gasteiger partial charge >= 0.3 is 0 Å². The lowest BCUT2D eigenvalue weighted by Crippen LogP contribution is -2.54. The number of para-hydroxylation sites is 1. The van der Waals surface area contributed by atoms with Gasteiger partial charge in [0.25, 0.3) is 0 Å². The number of hydrogen-bond acceptors (Lipinski definition) is 9. The summed E-state index contributed by atoms with van der Waals surface area (Å²) in [5, 5.41) is 6.66. The normalized spacial score (nSPS) is 14.6. The molecule has 6 rings (SSSR count). The number of carbonyl (C=O) groups is 3. The third-order valence-electron chi connectivity index (χ3n) is 8.48. The van der Waals surface area contributed by atoms with Crippen LogP contribution in [0.2, 0.25) is 0 Å². The van der Waals surface area contributed by atoms with Crippen LogP contribution < -0.4 is 21.1 Å². The zero-order chi connectivity index (χ0) is 37.6. The average Bonchev–Trinajstić information content (AvgIpc) is 3.80. The van der Waals surface area contributed by atoms with Crippen LogP contribution in [0.25, 0.3) is 21.0 Å². The van der Waals surface area contributed by atoms with Crippen LogP contribution in [0.5, 0.6) is 0 Å². The highest BCUT2D eigenvalue weighted by Crippen LogP contribution is 2.47. The van der Waals surface area contributed by atoms with Gasteiger partial charge in [-0.3, -0.25) is 23.9 Å². The van der Waals surface area contributed by atoms with Gasteiger partial charge in [0.2, 0.25) is 35.1 Å². The average molecular weight is 774 g/mol. The second kappa shape index (κ2) is 16.2. The first-order valence-electron chi connectivity index (χ1n) is 16.4. The highest BCUT2D eigenvalue weighted by atomic mass is 32.2. The number of nitrogens with zero attached hydrogens (tertiary/aromatic N) is 2. The molecule has 3 amide bonds. The van der Waals surface area contributed by atoms with E-state index in [-0.39, 0.29) is 29.7 Å². The number of rotatable bonds is 16. The Morgan fingerprint density at radius 2 is 1.62 bits per heavy atom. The van der Waals surface area contributed by atoms with Crippen LogP contribution >= 0.6 is 18.7 Å². The fourth-order valence-corrected chi connectivity index (χ4v) is 10.5. The van der Waals surface area contributed by atoms with E-state index >= 15 is 0 Å². The minimum Gasteiger partial charge on any atom is -0.368 e. The molecular weight excluding hydrogens is 738 g/mol. The molecule has 0 radical (unpaired) electrons. The zero-order valence-corrected chi connectivity index (χ0v) is 30.6. The molecule has 7 N–H and O–H groups in total. The van der Waals surface area contributed by atoms with Gasteiger partial charge in [-0.25, -0.2) is 13.4 Å². The number of aromatic nitrogens is 3. The predicted molar refractivity (Wildman–Crippen MR) is 202 cm³/mol. The molecule has 0 spiro atoms. The Morgan fingerprint density at radius 3 is 2.36 bits per heavy atom. The van der Waals surface area contributed by atoms with Gasteiger partial charge in [0.1, 0.15) is 28.9 Å². The zero-order valence-electron chi connectivity index (χ0n) is 28.1. The molecule has 2 unspecified atom stereocenters. The lowest BCUT2D eigenvalue weighted by Gasteiger charge is -2.26. The molecule has 4 atom stereocenters. The number of aromatic amines is 1. The van der Waals surface area contributed by atoms with E-state index in [4.69, 9.17) is 5.73 Å². The van der Waals surface area contributed by atoms with Crippen LogP contribution in [0.1, 0.15) is 16.1 Å². The Bertz CT molecular complexity index is 2370. The number of H-pyrrole nitrogens is 1. The number of primary amides is 1. The Hall–Kier alpha value is -5.25. The molecule has 3 aromatic heterocycles. The van der Waals surface area contributed by atoms with Gasteiger partial charge in [-0.15, -0.1) is 11.3 Å². The first-order valence-corrected chi connectivity index (χ1v) is 20.6. The van der Waals surface area contributed by atoms with Gasteiger partial charge in [-0.2, -0.15) is 4.72 Å². The van der Waals surface area contributed by atoms with Crippen LogP contribution in [0.3, 0.4) is 0 Å². The van der Waals surface area contributed by atoms with E-state index in [1.807, 2.05) is 30.3 Å². The smallest absolute Gasteiger partial charge is 0.243 e. The van der Waals surface area contributed by atoms with Crippen LogP contribution in [-0.2, 0) is 48.2 Å². The summed E-state index contributed by atoms with van der Waals surface area (Å²) in [7, 11) is -9.16. The number of imidazole rings is 1. The summed E-state index contributed by atoms with van der Waals surface area (Å²) >= 11 is 1.45. The second-order valence-corrected chi connectivity index (χ2v) is 17.7. The van der Waals surface area contributed by atoms with E-state index in [9.17, 15) is 32.3 Å². The molecule has 3 heterocycles. The third kappa shape index (κ3) is 9.41. The summed E-state index contributed by atoms with van der Waals surface area (Å²) in [6.07, 6.45) is 2.99. The molecule has 0 bridgehead atoms.